The maximum atomic E-state index is 3.92. The molecule has 1 unspecified atom stereocenters. The summed E-state index contributed by atoms with van der Waals surface area (Å²) in [5, 5.41) is 3.76. The van der Waals surface area contributed by atoms with Gasteiger partial charge < -0.3 is 5.32 Å². The Balaban J connectivity index is 2.07. The van der Waals surface area contributed by atoms with Crippen molar-refractivity contribution in [3.63, 3.8) is 0 Å². The van der Waals surface area contributed by atoms with E-state index in [2.05, 4.69) is 36.7 Å². The van der Waals surface area contributed by atoms with E-state index < -0.39 is 0 Å². The molecule has 0 amide bonds. The molecule has 0 aromatic carbocycles. The molecule has 2 fully saturated rings. The predicted molar refractivity (Wildman–Crippen MR) is 69.6 cm³/mol. The molecule has 2 heteroatoms. The molecule has 92 valence electrons. The third-order valence-corrected chi connectivity index (χ3v) is 4.47. The summed E-state index contributed by atoms with van der Waals surface area (Å²) in [5.74, 6) is 0.728. The Hall–Kier alpha value is -0.340. The van der Waals surface area contributed by atoms with Gasteiger partial charge in [-0.05, 0) is 18.8 Å². The van der Waals surface area contributed by atoms with Crippen LogP contribution in [0.15, 0.2) is 12.7 Å². The predicted octanol–water partition coefficient (Wildman–Crippen LogP) is 2.42. The number of piperazine rings is 1. The molecule has 2 nitrogen and oxygen atoms in total. The van der Waals surface area contributed by atoms with Crippen molar-refractivity contribution in [3.05, 3.63) is 12.7 Å². The maximum absolute atomic E-state index is 3.92. The quantitative estimate of drug-likeness (QED) is 0.738. The molecule has 1 N–H and O–H groups in total. The Morgan fingerprint density at radius 1 is 1.44 bits per heavy atom. The fraction of sp³-hybridized carbons (Fsp3) is 0.857. The summed E-state index contributed by atoms with van der Waals surface area (Å²) in [6, 6.07) is 0.658. The van der Waals surface area contributed by atoms with Crippen LogP contribution in [-0.4, -0.2) is 36.1 Å². The first-order valence-corrected chi connectivity index (χ1v) is 6.77. The third-order valence-electron chi connectivity index (χ3n) is 4.47. The SMILES string of the molecule is C=CCN1CC(C(C)C)NCC12CCCC2. The molecule has 2 aliphatic rings. The van der Waals surface area contributed by atoms with Gasteiger partial charge in [0.1, 0.15) is 0 Å². The van der Waals surface area contributed by atoms with Gasteiger partial charge in [-0.3, -0.25) is 4.90 Å². The second kappa shape index (κ2) is 4.89. The number of nitrogens with zero attached hydrogens (tertiary/aromatic N) is 1. The maximum Gasteiger partial charge on any atom is 0.0338 e. The fourth-order valence-electron chi connectivity index (χ4n) is 3.33. The van der Waals surface area contributed by atoms with E-state index in [0.29, 0.717) is 11.6 Å². The van der Waals surface area contributed by atoms with Gasteiger partial charge in [0.15, 0.2) is 0 Å². The highest BCUT2D eigenvalue weighted by atomic mass is 15.3. The van der Waals surface area contributed by atoms with Crippen molar-refractivity contribution in [2.75, 3.05) is 19.6 Å². The molecule has 0 aromatic heterocycles. The highest BCUT2D eigenvalue weighted by Gasteiger charge is 2.43. The van der Waals surface area contributed by atoms with E-state index in [4.69, 9.17) is 0 Å². The summed E-state index contributed by atoms with van der Waals surface area (Å²) in [4.78, 5) is 2.69. The number of hydrogen-bond acceptors (Lipinski definition) is 2. The minimum Gasteiger partial charge on any atom is -0.311 e. The summed E-state index contributed by atoms with van der Waals surface area (Å²) in [6.07, 6.45) is 7.63. The Morgan fingerprint density at radius 3 is 2.69 bits per heavy atom. The van der Waals surface area contributed by atoms with Gasteiger partial charge in [-0.2, -0.15) is 0 Å². The highest BCUT2D eigenvalue weighted by molar-refractivity contribution is 5.03. The summed E-state index contributed by atoms with van der Waals surface area (Å²) in [7, 11) is 0. The highest BCUT2D eigenvalue weighted by Crippen LogP contribution is 2.37. The Bertz CT molecular complexity index is 241. The van der Waals surface area contributed by atoms with Crippen molar-refractivity contribution in [2.24, 2.45) is 5.92 Å². The van der Waals surface area contributed by atoms with E-state index >= 15 is 0 Å². The van der Waals surface area contributed by atoms with Crippen LogP contribution in [0.25, 0.3) is 0 Å². The Morgan fingerprint density at radius 2 is 2.12 bits per heavy atom. The molecule has 0 bridgehead atoms. The van der Waals surface area contributed by atoms with Gasteiger partial charge >= 0.3 is 0 Å². The summed E-state index contributed by atoms with van der Waals surface area (Å²) in [5.41, 5.74) is 0.458. The lowest BCUT2D eigenvalue weighted by atomic mass is 9.88. The third kappa shape index (κ3) is 2.18. The van der Waals surface area contributed by atoms with Crippen LogP contribution in [0, 0.1) is 5.92 Å². The van der Waals surface area contributed by atoms with Crippen molar-refractivity contribution in [2.45, 2.75) is 51.1 Å². The van der Waals surface area contributed by atoms with E-state index in [9.17, 15) is 0 Å². The smallest absolute Gasteiger partial charge is 0.0338 e. The van der Waals surface area contributed by atoms with Crippen LogP contribution in [0.4, 0.5) is 0 Å². The van der Waals surface area contributed by atoms with Crippen molar-refractivity contribution in [3.8, 4) is 0 Å². The largest absolute Gasteiger partial charge is 0.311 e. The minimum absolute atomic E-state index is 0.458. The van der Waals surface area contributed by atoms with Gasteiger partial charge in [0, 0.05) is 31.2 Å². The molecule has 0 radical (unpaired) electrons. The second-order valence-corrected chi connectivity index (χ2v) is 5.86. The zero-order valence-electron chi connectivity index (χ0n) is 10.8. The zero-order valence-corrected chi connectivity index (χ0v) is 10.8. The normalized spacial score (nSPS) is 30.1. The van der Waals surface area contributed by atoms with Gasteiger partial charge in [0.05, 0.1) is 0 Å². The van der Waals surface area contributed by atoms with Gasteiger partial charge in [0.2, 0.25) is 0 Å². The first-order valence-electron chi connectivity index (χ1n) is 6.77. The monoisotopic (exact) mass is 222 g/mol. The van der Waals surface area contributed by atoms with E-state index in [1.54, 1.807) is 0 Å². The van der Waals surface area contributed by atoms with Gasteiger partial charge in [-0.1, -0.05) is 32.8 Å². The van der Waals surface area contributed by atoms with Crippen LogP contribution in [-0.2, 0) is 0 Å². The van der Waals surface area contributed by atoms with Crippen molar-refractivity contribution < 1.29 is 0 Å². The van der Waals surface area contributed by atoms with Crippen molar-refractivity contribution in [1.82, 2.24) is 10.2 Å². The first kappa shape index (κ1) is 12.1. The lowest BCUT2D eigenvalue weighted by Crippen LogP contribution is -2.64. The molecule has 1 aliphatic carbocycles. The van der Waals surface area contributed by atoms with E-state index in [0.717, 1.165) is 12.5 Å². The number of hydrogen-bond donors (Lipinski definition) is 1. The Labute approximate surface area is 100 Å². The van der Waals surface area contributed by atoms with Crippen LogP contribution in [0.1, 0.15) is 39.5 Å². The lowest BCUT2D eigenvalue weighted by molar-refractivity contribution is 0.0437. The zero-order chi connectivity index (χ0) is 11.6. The van der Waals surface area contributed by atoms with E-state index in [1.807, 2.05) is 0 Å². The molecule has 2 rings (SSSR count). The molecule has 1 heterocycles. The van der Waals surface area contributed by atoms with Crippen LogP contribution in [0.2, 0.25) is 0 Å². The van der Waals surface area contributed by atoms with Crippen LogP contribution in [0.5, 0.6) is 0 Å². The average molecular weight is 222 g/mol. The molecule has 1 saturated carbocycles. The molecule has 0 aromatic rings. The van der Waals surface area contributed by atoms with Crippen LogP contribution < -0.4 is 5.32 Å². The Kier molecular flexibility index (Phi) is 3.70. The van der Waals surface area contributed by atoms with Crippen LogP contribution in [0.3, 0.4) is 0 Å². The minimum atomic E-state index is 0.458. The first-order chi connectivity index (χ1) is 7.68. The summed E-state index contributed by atoms with van der Waals surface area (Å²) >= 11 is 0. The fourth-order valence-corrected chi connectivity index (χ4v) is 3.33. The molecule has 16 heavy (non-hydrogen) atoms. The van der Waals surface area contributed by atoms with Crippen molar-refractivity contribution >= 4 is 0 Å². The lowest BCUT2D eigenvalue weighted by Gasteiger charge is -2.49. The summed E-state index contributed by atoms with van der Waals surface area (Å²) < 4.78 is 0. The molecule has 1 spiro atoms. The molecule has 1 aliphatic heterocycles. The number of rotatable bonds is 3. The van der Waals surface area contributed by atoms with E-state index in [1.165, 1.54) is 38.8 Å². The average Bonchev–Trinajstić information content (AvgIpc) is 2.71. The summed E-state index contributed by atoms with van der Waals surface area (Å²) in [6.45, 7) is 12.0. The molecular formula is C14H26N2. The second-order valence-electron chi connectivity index (χ2n) is 5.86. The van der Waals surface area contributed by atoms with Gasteiger partial charge in [0.25, 0.3) is 0 Å². The standard InChI is InChI=1S/C14H26N2/c1-4-9-16-10-13(12(2)3)15-11-14(16)7-5-6-8-14/h4,12-13,15H,1,5-11H2,2-3H3. The molecule has 1 atom stereocenters. The van der Waals surface area contributed by atoms with E-state index in [-0.39, 0.29) is 0 Å². The molecular weight excluding hydrogens is 196 g/mol. The molecule has 1 saturated heterocycles. The van der Waals surface area contributed by atoms with Crippen molar-refractivity contribution in [1.29, 1.82) is 0 Å². The van der Waals surface area contributed by atoms with Gasteiger partial charge in [-0.15, -0.1) is 6.58 Å². The number of nitrogens with one attached hydrogen (secondary N) is 1. The topological polar surface area (TPSA) is 15.3 Å². The van der Waals surface area contributed by atoms with Gasteiger partial charge in [-0.25, -0.2) is 0 Å². The van der Waals surface area contributed by atoms with Crippen LogP contribution >= 0.6 is 0 Å².